The van der Waals surface area contributed by atoms with Gasteiger partial charge in [-0.3, -0.25) is 4.79 Å². The lowest BCUT2D eigenvalue weighted by Crippen LogP contribution is -2.31. The highest BCUT2D eigenvalue weighted by Gasteiger charge is 2.15. The number of thioether (sulfide) groups is 1. The van der Waals surface area contributed by atoms with E-state index in [-0.39, 0.29) is 11.7 Å². The highest BCUT2D eigenvalue weighted by atomic mass is 32.2. The Balaban J connectivity index is 1.90. The quantitative estimate of drug-likeness (QED) is 0.883. The van der Waals surface area contributed by atoms with Crippen molar-refractivity contribution in [3.63, 3.8) is 0 Å². The largest absolute Gasteiger partial charge is 0.508 e. The number of aromatic hydroxyl groups is 1. The molecule has 4 heteroatoms. The zero-order valence-electron chi connectivity index (χ0n) is 10.6. The van der Waals surface area contributed by atoms with Crippen LogP contribution in [0.1, 0.15) is 28.8 Å². The Labute approximate surface area is 112 Å². The minimum absolute atomic E-state index is 0.0364. The van der Waals surface area contributed by atoms with Crippen molar-refractivity contribution in [2.75, 3.05) is 18.1 Å². The van der Waals surface area contributed by atoms with Crippen molar-refractivity contribution in [2.45, 2.75) is 19.8 Å². The van der Waals surface area contributed by atoms with Gasteiger partial charge in [0.2, 0.25) is 0 Å². The summed E-state index contributed by atoms with van der Waals surface area (Å²) in [5.74, 6) is 3.20. The maximum atomic E-state index is 12.0. The standard InChI is InChI=1S/C14H19NO2S/c1-10-8-12(16)2-3-13(10)14(17)15-9-11-4-6-18-7-5-11/h2-3,8,11,16H,4-7,9H2,1H3,(H,15,17). The van der Waals surface area contributed by atoms with E-state index in [2.05, 4.69) is 5.32 Å². The van der Waals surface area contributed by atoms with E-state index in [0.717, 1.165) is 12.1 Å². The minimum atomic E-state index is -0.0364. The normalized spacial score (nSPS) is 16.5. The van der Waals surface area contributed by atoms with Gasteiger partial charge in [-0.1, -0.05) is 0 Å². The summed E-state index contributed by atoms with van der Waals surface area (Å²) in [7, 11) is 0. The summed E-state index contributed by atoms with van der Waals surface area (Å²) in [6.45, 7) is 2.60. The zero-order chi connectivity index (χ0) is 13.0. The molecule has 1 aliphatic rings. The van der Waals surface area contributed by atoms with E-state index in [1.54, 1.807) is 18.2 Å². The third kappa shape index (κ3) is 3.42. The molecule has 1 heterocycles. The molecule has 2 N–H and O–H groups in total. The van der Waals surface area contributed by atoms with Gasteiger partial charge < -0.3 is 10.4 Å². The van der Waals surface area contributed by atoms with E-state index in [4.69, 9.17) is 0 Å². The van der Waals surface area contributed by atoms with Crippen LogP contribution in [0, 0.1) is 12.8 Å². The van der Waals surface area contributed by atoms with Gasteiger partial charge in [0.25, 0.3) is 5.91 Å². The summed E-state index contributed by atoms with van der Waals surface area (Å²) in [5.41, 5.74) is 1.46. The number of phenols is 1. The van der Waals surface area contributed by atoms with Gasteiger partial charge in [-0.05, 0) is 61.0 Å². The lowest BCUT2D eigenvalue weighted by atomic mass is 10.0. The van der Waals surface area contributed by atoms with Gasteiger partial charge in [0.1, 0.15) is 5.75 Å². The molecular weight excluding hydrogens is 246 g/mol. The molecule has 0 aliphatic carbocycles. The van der Waals surface area contributed by atoms with Crippen LogP contribution in [0.2, 0.25) is 0 Å². The maximum absolute atomic E-state index is 12.0. The van der Waals surface area contributed by atoms with E-state index in [9.17, 15) is 9.90 Å². The van der Waals surface area contributed by atoms with Crippen molar-refractivity contribution in [1.29, 1.82) is 0 Å². The third-order valence-electron chi connectivity index (χ3n) is 3.35. The predicted octanol–water partition coefficient (Wildman–Crippen LogP) is 2.57. The summed E-state index contributed by atoms with van der Waals surface area (Å²) in [6.07, 6.45) is 2.39. The fourth-order valence-corrected chi connectivity index (χ4v) is 3.39. The first kappa shape index (κ1) is 13.3. The number of carbonyl (C=O) groups is 1. The molecule has 0 bridgehead atoms. The van der Waals surface area contributed by atoms with Gasteiger partial charge in [-0.15, -0.1) is 0 Å². The molecule has 98 valence electrons. The van der Waals surface area contributed by atoms with Gasteiger partial charge in [-0.2, -0.15) is 11.8 Å². The Morgan fingerprint density at radius 1 is 1.44 bits per heavy atom. The molecule has 1 saturated heterocycles. The van der Waals surface area contributed by atoms with E-state index in [1.165, 1.54) is 24.3 Å². The predicted molar refractivity (Wildman–Crippen MR) is 75.2 cm³/mol. The molecule has 0 unspecified atom stereocenters. The van der Waals surface area contributed by atoms with Crippen LogP contribution >= 0.6 is 11.8 Å². The number of aryl methyl sites for hydroxylation is 1. The van der Waals surface area contributed by atoms with Crippen LogP contribution in [0.5, 0.6) is 5.75 Å². The average molecular weight is 265 g/mol. The number of hydrogen-bond donors (Lipinski definition) is 2. The Kier molecular flexibility index (Phi) is 4.53. The summed E-state index contributed by atoms with van der Waals surface area (Å²) in [5, 5.41) is 12.3. The number of phenolic OH excluding ortho intramolecular Hbond substituents is 1. The number of carbonyl (C=O) groups excluding carboxylic acids is 1. The lowest BCUT2D eigenvalue weighted by molar-refractivity contribution is 0.0945. The molecule has 18 heavy (non-hydrogen) atoms. The number of benzene rings is 1. The van der Waals surface area contributed by atoms with Crippen LogP contribution in [0.25, 0.3) is 0 Å². The number of hydrogen-bond acceptors (Lipinski definition) is 3. The van der Waals surface area contributed by atoms with E-state index in [1.807, 2.05) is 18.7 Å². The first-order valence-electron chi connectivity index (χ1n) is 6.32. The van der Waals surface area contributed by atoms with Crippen molar-refractivity contribution >= 4 is 17.7 Å². The van der Waals surface area contributed by atoms with Crippen LogP contribution < -0.4 is 5.32 Å². The van der Waals surface area contributed by atoms with Gasteiger partial charge in [-0.25, -0.2) is 0 Å². The van der Waals surface area contributed by atoms with Crippen molar-refractivity contribution in [1.82, 2.24) is 5.32 Å². The van der Waals surface area contributed by atoms with Crippen molar-refractivity contribution in [3.8, 4) is 5.75 Å². The highest BCUT2D eigenvalue weighted by molar-refractivity contribution is 7.99. The van der Waals surface area contributed by atoms with Crippen LogP contribution in [0.4, 0.5) is 0 Å². The molecule has 1 amide bonds. The summed E-state index contributed by atoms with van der Waals surface area (Å²) in [4.78, 5) is 12.0. The number of amides is 1. The van der Waals surface area contributed by atoms with Crippen LogP contribution in [-0.4, -0.2) is 29.1 Å². The fourth-order valence-electron chi connectivity index (χ4n) is 2.19. The Hall–Kier alpha value is -1.16. The van der Waals surface area contributed by atoms with Crippen molar-refractivity contribution in [2.24, 2.45) is 5.92 Å². The molecule has 1 fully saturated rings. The molecular formula is C14H19NO2S. The lowest BCUT2D eigenvalue weighted by Gasteiger charge is -2.21. The molecule has 0 aromatic heterocycles. The maximum Gasteiger partial charge on any atom is 0.251 e. The molecule has 0 radical (unpaired) electrons. The molecule has 0 atom stereocenters. The van der Waals surface area contributed by atoms with Gasteiger partial charge in [0.05, 0.1) is 0 Å². The topological polar surface area (TPSA) is 49.3 Å². The smallest absolute Gasteiger partial charge is 0.251 e. The van der Waals surface area contributed by atoms with Crippen molar-refractivity contribution in [3.05, 3.63) is 29.3 Å². The molecule has 1 aromatic rings. The van der Waals surface area contributed by atoms with E-state index < -0.39 is 0 Å². The third-order valence-corrected chi connectivity index (χ3v) is 4.40. The molecule has 1 aromatic carbocycles. The molecule has 3 nitrogen and oxygen atoms in total. The zero-order valence-corrected chi connectivity index (χ0v) is 11.4. The number of nitrogens with one attached hydrogen (secondary N) is 1. The Morgan fingerprint density at radius 3 is 2.83 bits per heavy atom. The van der Waals surface area contributed by atoms with Crippen molar-refractivity contribution < 1.29 is 9.90 Å². The summed E-state index contributed by atoms with van der Waals surface area (Å²) in [6, 6.07) is 4.85. The summed E-state index contributed by atoms with van der Waals surface area (Å²) >= 11 is 1.99. The highest BCUT2D eigenvalue weighted by Crippen LogP contribution is 2.22. The second-order valence-corrected chi connectivity index (χ2v) is 5.99. The molecule has 0 saturated carbocycles. The van der Waals surface area contributed by atoms with Crippen LogP contribution in [0.15, 0.2) is 18.2 Å². The van der Waals surface area contributed by atoms with Gasteiger partial charge >= 0.3 is 0 Å². The minimum Gasteiger partial charge on any atom is -0.508 e. The first-order chi connectivity index (χ1) is 8.66. The van der Waals surface area contributed by atoms with Gasteiger partial charge in [0, 0.05) is 12.1 Å². The average Bonchev–Trinajstić information content (AvgIpc) is 2.37. The SMILES string of the molecule is Cc1cc(O)ccc1C(=O)NCC1CCSCC1. The first-order valence-corrected chi connectivity index (χ1v) is 7.48. The monoisotopic (exact) mass is 265 g/mol. The Bertz CT molecular complexity index is 428. The van der Waals surface area contributed by atoms with Crippen LogP contribution in [0.3, 0.4) is 0 Å². The molecule has 2 rings (SSSR count). The Morgan fingerprint density at radius 2 is 2.17 bits per heavy atom. The van der Waals surface area contributed by atoms with E-state index >= 15 is 0 Å². The van der Waals surface area contributed by atoms with Gasteiger partial charge in [0.15, 0.2) is 0 Å². The summed E-state index contributed by atoms with van der Waals surface area (Å²) < 4.78 is 0. The molecule has 0 spiro atoms. The van der Waals surface area contributed by atoms with E-state index in [0.29, 0.717) is 11.5 Å². The second kappa shape index (κ2) is 6.14. The number of rotatable bonds is 3. The van der Waals surface area contributed by atoms with Crippen LogP contribution in [-0.2, 0) is 0 Å². The second-order valence-electron chi connectivity index (χ2n) is 4.76. The fraction of sp³-hybridized carbons (Fsp3) is 0.500. The molecule has 1 aliphatic heterocycles.